The van der Waals surface area contributed by atoms with Gasteiger partial charge in [0.1, 0.15) is 5.75 Å². The molecule has 1 aromatic heterocycles. The molecule has 3 rings (SSSR count). The van der Waals surface area contributed by atoms with E-state index in [0.29, 0.717) is 17.9 Å². The number of anilines is 2. The van der Waals surface area contributed by atoms with Crippen LogP contribution in [0.2, 0.25) is 0 Å². The van der Waals surface area contributed by atoms with Gasteiger partial charge in [-0.3, -0.25) is 0 Å². The SMILES string of the molecule is CNc1nc(Oc2ccccc2C)nc(N2CCCC2)n1. The number of benzene rings is 1. The van der Waals surface area contributed by atoms with E-state index in [1.807, 2.05) is 31.2 Å². The van der Waals surface area contributed by atoms with Gasteiger partial charge in [0, 0.05) is 20.1 Å². The summed E-state index contributed by atoms with van der Waals surface area (Å²) >= 11 is 0. The van der Waals surface area contributed by atoms with Crippen molar-refractivity contribution in [3.8, 4) is 11.8 Å². The van der Waals surface area contributed by atoms with E-state index in [9.17, 15) is 0 Å². The van der Waals surface area contributed by atoms with Crippen LogP contribution in [0.1, 0.15) is 18.4 Å². The third kappa shape index (κ3) is 3.04. The van der Waals surface area contributed by atoms with Gasteiger partial charge in [0.25, 0.3) is 0 Å². The first kappa shape index (κ1) is 13.6. The maximum Gasteiger partial charge on any atom is 0.328 e. The lowest BCUT2D eigenvalue weighted by Gasteiger charge is -2.16. The van der Waals surface area contributed by atoms with Crippen LogP contribution in [0.25, 0.3) is 0 Å². The predicted molar refractivity (Wildman–Crippen MR) is 82.1 cm³/mol. The standard InChI is InChI=1S/C15H19N5O/c1-11-7-3-4-8-12(11)21-15-18-13(16-2)17-14(19-15)20-9-5-6-10-20/h3-4,7-8H,5-6,9-10H2,1-2H3,(H,16,17,18,19). The summed E-state index contributed by atoms with van der Waals surface area (Å²) in [5.74, 6) is 1.96. The third-order valence-electron chi connectivity index (χ3n) is 3.51. The minimum Gasteiger partial charge on any atom is -0.424 e. The van der Waals surface area contributed by atoms with Crippen molar-refractivity contribution in [3.63, 3.8) is 0 Å². The highest BCUT2D eigenvalue weighted by Crippen LogP contribution is 2.25. The van der Waals surface area contributed by atoms with Crippen LogP contribution in [-0.4, -0.2) is 35.1 Å². The molecule has 0 atom stereocenters. The van der Waals surface area contributed by atoms with Gasteiger partial charge in [-0.05, 0) is 31.4 Å². The Morgan fingerprint density at radius 2 is 1.86 bits per heavy atom. The molecule has 1 N–H and O–H groups in total. The van der Waals surface area contributed by atoms with Crippen molar-refractivity contribution in [3.05, 3.63) is 29.8 Å². The van der Waals surface area contributed by atoms with Crippen LogP contribution in [0, 0.1) is 6.92 Å². The molecule has 21 heavy (non-hydrogen) atoms. The van der Waals surface area contributed by atoms with Gasteiger partial charge >= 0.3 is 6.01 Å². The lowest BCUT2D eigenvalue weighted by Crippen LogP contribution is -2.21. The number of hydrogen-bond donors (Lipinski definition) is 1. The molecule has 0 saturated carbocycles. The quantitative estimate of drug-likeness (QED) is 0.931. The van der Waals surface area contributed by atoms with Crippen LogP contribution in [0.5, 0.6) is 11.8 Å². The van der Waals surface area contributed by atoms with Crippen molar-refractivity contribution in [2.24, 2.45) is 0 Å². The second-order valence-electron chi connectivity index (χ2n) is 5.05. The van der Waals surface area contributed by atoms with Gasteiger partial charge in [-0.15, -0.1) is 0 Å². The summed E-state index contributed by atoms with van der Waals surface area (Å²) in [4.78, 5) is 15.3. The van der Waals surface area contributed by atoms with Gasteiger partial charge in [0.05, 0.1) is 0 Å². The fourth-order valence-electron chi connectivity index (χ4n) is 2.33. The minimum absolute atomic E-state index is 0.325. The molecule has 0 radical (unpaired) electrons. The first-order chi connectivity index (χ1) is 10.3. The van der Waals surface area contributed by atoms with Crippen molar-refractivity contribution in [1.82, 2.24) is 15.0 Å². The monoisotopic (exact) mass is 285 g/mol. The Balaban J connectivity index is 1.90. The van der Waals surface area contributed by atoms with Crippen LogP contribution in [-0.2, 0) is 0 Å². The molecule has 110 valence electrons. The molecular formula is C15H19N5O. The maximum atomic E-state index is 5.82. The number of para-hydroxylation sites is 1. The summed E-state index contributed by atoms with van der Waals surface area (Å²) < 4.78 is 5.82. The van der Waals surface area contributed by atoms with Crippen molar-refractivity contribution >= 4 is 11.9 Å². The van der Waals surface area contributed by atoms with E-state index in [2.05, 4.69) is 25.2 Å². The molecule has 6 heteroatoms. The summed E-state index contributed by atoms with van der Waals surface area (Å²) in [6, 6.07) is 8.14. The number of rotatable bonds is 4. The van der Waals surface area contributed by atoms with Gasteiger partial charge in [-0.1, -0.05) is 18.2 Å². The molecule has 2 heterocycles. The van der Waals surface area contributed by atoms with E-state index in [-0.39, 0.29) is 0 Å². The summed E-state index contributed by atoms with van der Waals surface area (Å²) in [7, 11) is 1.79. The number of aryl methyl sites for hydroxylation is 1. The summed E-state index contributed by atoms with van der Waals surface area (Å²) in [5, 5.41) is 2.96. The number of nitrogens with one attached hydrogen (secondary N) is 1. The second kappa shape index (κ2) is 5.95. The molecule has 1 saturated heterocycles. The van der Waals surface area contributed by atoms with E-state index in [1.54, 1.807) is 7.05 Å². The fourth-order valence-corrected chi connectivity index (χ4v) is 2.33. The average Bonchev–Trinajstić information content (AvgIpc) is 3.04. The highest BCUT2D eigenvalue weighted by molar-refractivity contribution is 5.40. The number of aromatic nitrogens is 3. The zero-order valence-corrected chi connectivity index (χ0v) is 12.3. The number of hydrogen-bond acceptors (Lipinski definition) is 6. The van der Waals surface area contributed by atoms with Crippen molar-refractivity contribution in [2.75, 3.05) is 30.4 Å². The Kier molecular flexibility index (Phi) is 3.85. The number of nitrogens with zero attached hydrogens (tertiary/aromatic N) is 4. The summed E-state index contributed by atoms with van der Waals surface area (Å²) in [5.41, 5.74) is 1.05. The molecule has 0 bridgehead atoms. The molecule has 0 spiro atoms. The number of ether oxygens (including phenoxy) is 1. The van der Waals surface area contributed by atoms with Crippen molar-refractivity contribution < 1.29 is 4.74 Å². The average molecular weight is 285 g/mol. The van der Waals surface area contributed by atoms with Crippen LogP contribution in [0.3, 0.4) is 0 Å². The fraction of sp³-hybridized carbons (Fsp3) is 0.400. The van der Waals surface area contributed by atoms with Crippen LogP contribution in [0.4, 0.5) is 11.9 Å². The maximum absolute atomic E-state index is 5.82. The molecule has 1 aliphatic heterocycles. The van der Waals surface area contributed by atoms with E-state index in [0.717, 1.165) is 24.4 Å². The first-order valence-corrected chi connectivity index (χ1v) is 7.18. The van der Waals surface area contributed by atoms with Gasteiger partial charge in [-0.25, -0.2) is 0 Å². The lowest BCUT2D eigenvalue weighted by atomic mass is 10.2. The molecule has 6 nitrogen and oxygen atoms in total. The topological polar surface area (TPSA) is 63.2 Å². The summed E-state index contributed by atoms with van der Waals surface area (Å²) in [6.07, 6.45) is 2.35. The van der Waals surface area contributed by atoms with Gasteiger partial charge in [0.2, 0.25) is 11.9 Å². The Bertz CT molecular complexity index is 625. The van der Waals surface area contributed by atoms with Crippen LogP contribution in [0.15, 0.2) is 24.3 Å². The van der Waals surface area contributed by atoms with Gasteiger partial charge < -0.3 is 15.0 Å². The van der Waals surface area contributed by atoms with E-state index in [4.69, 9.17) is 4.74 Å². The zero-order chi connectivity index (χ0) is 14.7. The first-order valence-electron chi connectivity index (χ1n) is 7.18. The van der Waals surface area contributed by atoms with E-state index >= 15 is 0 Å². The second-order valence-corrected chi connectivity index (χ2v) is 5.05. The zero-order valence-electron chi connectivity index (χ0n) is 12.3. The normalized spacial score (nSPS) is 14.3. The van der Waals surface area contributed by atoms with Crippen LogP contribution >= 0.6 is 0 Å². The predicted octanol–water partition coefficient (Wildman–Crippen LogP) is 2.61. The van der Waals surface area contributed by atoms with Crippen molar-refractivity contribution in [2.45, 2.75) is 19.8 Å². The Morgan fingerprint density at radius 3 is 2.57 bits per heavy atom. The highest BCUT2D eigenvalue weighted by atomic mass is 16.5. The largest absolute Gasteiger partial charge is 0.424 e. The molecule has 0 unspecified atom stereocenters. The Labute approximate surface area is 124 Å². The van der Waals surface area contributed by atoms with E-state index in [1.165, 1.54) is 12.8 Å². The minimum atomic E-state index is 0.325. The molecule has 0 amide bonds. The molecule has 1 fully saturated rings. The van der Waals surface area contributed by atoms with Gasteiger partial charge in [-0.2, -0.15) is 15.0 Å². The molecule has 0 aliphatic carbocycles. The molecule has 2 aromatic rings. The molecular weight excluding hydrogens is 266 g/mol. The Morgan fingerprint density at radius 1 is 1.10 bits per heavy atom. The smallest absolute Gasteiger partial charge is 0.328 e. The van der Waals surface area contributed by atoms with Gasteiger partial charge in [0.15, 0.2) is 0 Å². The highest BCUT2D eigenvalue weighted by Gasteiger charge is 2.18. The Hall–Kier alpha value is -2.37. The third-order valence-corrected chi connectivity index (χ3v) is 3.51. The molecule has 1 aromatic carbocycles. The van der Waals surface area contributed by atoms with Crippen LogP contribution < -0.4 is 15.0 Å². The summed E-state index contributed by atoms with van der Waals surface area (Å²) in [6.45, 7) is 3.96. The molecule has 1 aliphatic rings. The van der Waals surface area contributed by atoms with E-state index < -0.39 is 0 Å². The lowest BCUT2D eigenvalue weighted by molar-refractivity contribution is 0.437. The van der Waals surface area contributed by atoms with Crippen molar-refractivity contribution in [1.29, 1.82) is 0 Å².